The number of amides is 1. The minimum Gasteiger partial charge on any atom is -0.508 e. The second-order valence-electron chi connectivity index (χ2n) is 11.9. The maximum atomic E-state index is 12.9. The number of carbonyl (C=O) groups excluding carboxylic acids is 1. The summed E-state index contributed by atoms with van der Waals surface area (Å²) in [4.78, 5) is 20.5. The number of fused-ring (bicyclic) bond motifs is 1. The van der Waals surface area contributed by atoms with Gasteiger partial charge in [-0.1, -0.05) is 36.4 Å². The smallest absolute Gasteiger partial charge is 0.251 e. The van der Waals surface area contributed by atoms with Crippen LogP contribution in [0.15, 0.2) is 60.7 Å². The molecule has 3 aromatic carbocycles. The van der Waals surface area contributed by atoms with Gasteiger partial charge in [0.05, 0.1) is 24.6 Å². The molecule has 0 atom stereocenters. The van der Waals surface area contributed by atoms with Gasteiger partial charge in [0.2, 0.25) is 0 Å². The molecule has 0 bridgehead atoms. The maximum Gasteiger partial charge on any atom is 0.251 e. The van der Waals surface area contributed by atoms with Gasteiger partial charge < -0.3 is 25.0 Å². The Balaban J connectivity index is 1.20. The number of nitrogens with zero attached hydrogens (tertiary/aromatic N) is 3. The molecule has 2 saturated heterocycles. The Morgan fingerprint density at radius 3 is 2.59 bits per heavy atom. The fourth-order valence-electron chi connectivity index (χ4n) is 6.85. The van der Waals surface area contributed by atoms with Crippen molar-refractivity contribution >= 4 is 16.7 Å². The van der Waals surface area contributed by atoms with E-state index in [4.69, 9.17) is 9.72 Å². The number of carbonyl (C=O) groups is 1. The quantitative estimate of drug-likeness (QED) is 0.320. The van der Waals surface area contributed by atoms with Gasteiger partial charge in [0.1, 0.15) is 11.6 Å². The van der Waals surface area contributed by atoms with Crippen LogP contribution < -0.4 is 10.6 Å². The Morgan fingerprint density at radius 1 is 1.10 bits per heavy atom. The molecule has 8 nitrogen and oxygen atoms in total. The van der Waals surface area contributed by atoms with Gasteiger partial charge in [-0.25, -0.2) is 4.98 Å². The van der Waals surface area contributed by atoms with E-state index in [1.165, 1.54) is 0 Å². The molecular weight excluding hydrogens is 514 g/mol. The lowest BCUT2D eigenvalue weighted by molar-refractivity contribution is 0.0321. The largest absolute Gasteiger partial charge is 0.508 e. The maximum absolute atomic E-state index is 12.9. The Morgan fingerprint density at radius 2 is 1.85 bits per heavy atom. The molecule has 1 spiro atoms. The van der Waals surface area contributed by atoms with Crippen LogP contribution in [0, 0.1) is 5.41 Å². The van der Waals surface area contributed by atoms with Gasteiger partial charge in [-0.15, -0.1) is 0 Å². The third-order valence-corrected chi connectivity index (χ3v) is 9.19. The molecule has 41 heavy (non-hydrogen) atoms. The fraction of sp³-hybridized carbons (Fsp3) is 0.394. The summed E-state index contributed by atoms with van der Waals surface area (Å²) in [5.41, 5.74) is 4.85. The second kappa shape index (κ2) is 10.6. The molecule has 3 aliphatic rings. The molecule has 1 amide bonds. The van der Waals surface area contributed by atoms with Crippen molar-refractivity contribution in [3.05, 3.63) is 72.1 Å². The van der Waals surface area contributed by atoms with E-state index >= 15 is 0 Å². The van der Waals surface area contributed by atoms with Crippen molar-refractivity contribution in [3.8, 4) is 28.3 Å². The predicted octanol–water partition coefficient (Wildman–Crippen LogP) is 4.14. The van der Waals surface area contributed by atoms with E-state index in [1.54, 1.807) is 0 Å². The lowest BCUT2D eigenvalue weighted by Gasteiger charge is -2.54. The second-order valence-corrected chi connectivity index (χ2v) is 11.9. The van der Waals surface area contributed by atoms with Crippen LogP contribution in [0.1, 0.15) is 34.9 Å². The van der Waals surface area contributed by atoms with E-state index in [0.29, 0.717) is 23.4 Å². The number of phenols is 1. The summed E-state index contributed by atoms with van der Waals surface area (Å²) in [5.74, 6) is 1.67. The Hall–Kier alpha value is -3.72. The molecule has 0 unspecified atom stereocenters. The average molecular weight is 552 g/mol. The molecule has 1 aromatic heterocycles. The molecule has 2 aliphatic heterocycles. The van der Waals surface area contributed by atoms with Crippen molar-refractivity contribution in [2.45, 2.75) is 18.8 Å². The minimum atomic E-state index is -0.0698. The van der Waals surface area contributed by atoms with Crippen LogP contribution >= 0.6 is 0 Å². The number of aromatic hydroxyl groups is 1. The minimum absolute atomic E-state index is 0.0698. The zero-order valence-corrected chi connectivity index (χ0v) is 23.5. The summed E-state index contributed by atoms with van der Waals surface area (Å²) in [7, 11) is 2.10. The molecule has 3 fully saturated rings. The third kappa shape index (κ3) is 4.90. The van der Waals surface area contributed by atoms with Crippen LogP contribution in [0.4, 0.5) is 0 Å². The number of imidazole rings is 1. The molecular formula is C33H37N5O3. The zero-order valence-electron chi connectivity index (χ0n) is 23.5. The number of benzene rings is 3. The summed E-state index contributed by atoms with van der Waals surface area (Å²) in [6.45, 7) is 6.95. The number of hydrogen-bond acceptors (Lipinski definition) is 6. The van der Waals surface area contributed by atoms with Crippen LogP contribution in [0.2, 0.25) is 0 Å². The topological polar surface area (TPSA) is 91.7 Å². The number of morpholine rings is 1. The average Bonchev–Trinajstić information content (AvgIpc) is 3.28. The van der Waals surface area contributed by atoms with Crippen molar-refractivity contribution in [1.29, 1.82) is 0 Å². The van der Waals surface area contributed by atoms with Gasteiger partial charge in [-0.2, -0.15) is 0 Å². The summed E-state index contributed by atoms with van der Waals surface area (Å²) >= 11 is 0. The normalized spacial score (nSPS) is 18.8. The first-order chi connectivity index (χ1) is 20.0. The number of nitrogens with one attached hydrogen (secondary N) is 2. The van der Waals surface area contributed by atoms with Gasteiger partial charge in [0.15, 0.2) is 0 Å². The summed E-state index contributed by atoms with van der Waals surface area (Å²) < 4.78 is 7.63. The van der Waals surface area contributed by atoms with Crippen LogP contribution in [-0.2, 0) is 11.8 Å². The predicted molar refractivity (Wildman–Crippen MR) is 160 cm³/mol. The van der Waals surface area contributed by atoms with E-state index in [0.717, 1.165) is 97.9 Å². The Labute approximate surface area is 240 Å². The standard InChI is InChI=1S/C33H37N5O3/c1-37-30(28-17-26(39)16-24-4-2-3-5-27(24)28)29(36-31(37)25-18-33(19-25)20-34-21-33)22-6-8-23(9-7-22)32(40)35-10-11-38-12-14-41-15-13-38/h2-9,16-17,25,34,39H,10-15,18-21H2,1H3,(H,35,40). The molecule has 7 rings (SSSR count). The van der Waals surface area contributed by atoms with Crippen LogP contribution in [-0.4, -0.2) is 77.9 Å². The first-order valence-electron chi connectivity index (χ1n) is 14.7. The van der Waals surface area contributed by atoms with Gasteiger partial charge in [0, 0.05) is 68.9 Å². The van der Waals surface area contributed by atoms with Crippen molar-refractivity contribution in [2.24, 2.45) is 12.5 Å². The van der Waals surface area contributed by atoms with Gasteiger partial charge in [0.25, 0.3) is 5.91 Å². The fourth-order valence-corrected chi connectivity index (χ4v) is 6.85. The monoisotopic (exact) mass is 551 g/mol. The number of phenolic OH excluding ortho intramolecular Hbond substituents is 1. The lowest BCUT2D eigenvalue weighted by atomic mass is 9.58. The first kappa shape index (κ1) is 26.2. The molecule has 4 aromatic rings. The third-order valence-electron chi connectivity index (χ3n) is 9.19. The number of aromatic nitrogens is 2. The van der Waals surface area contributed by atoms with Crippen molar-refractivity contribution in [3.63, 3.8) is 0 Å². The van der Waals surface area contributed by atoms with Crippen molar-refractivity contribution in [2.75, 3.05) is 52.5 Å². The van der Waals surface area contributed by atoms with E-state index in [1.807, 2.05) is 54.6 Å². The van der Waals surface area contributed by atoms with E-state index in [-0.39, 0.29) is 11.7 Å². The lowest BCUT2D eigenvalue weighted by Crippen LogP contribution is -2.59. The van der Waals surface area contributed by atoms with Gasteiger partial charge in [-0.3, -0.25) is 9.69 Å². The summed E-state index contributed by atoms with van der Waals surface area (Å²) in [5, 5.41) is 19.2. The zero-order chi connectivity index (χ0) is 28.0. The first-order valence-corrected chi connectivity index (χ1v) is 14.7. The Bertz CT molecular complexity index is 1580. The van der Waals surface area contributed by atoms with Crippen molar-refractivity contribution < 1.29 is 14.6 Å². The molecule has 3 N–H and O–H groups in total. The highest BCUT2D eigenvalue weighted by Crippen LogP contribution is 2.54. The highest BCUT2D eigenvalue weighted by atomic mass is 16.5. The van der Waals surface area contributed by atoms with E-state index in [9.17, 15) is 9.90 Å². The Kier molecular flexibility index (Phi) is 6.77. The molecule has 1 aliphatic carbocycles. The highest BCUT2D eigenvalue weighted by molar-refractivity contribution is 6.00. The SMILES string of the molecule is Cn1c(C2CC3(CNC3)C2)nc(-c2ccc(C(=O)NCCN3CCOCC3)cc2)c1-c1cc(O)cc2ccccc12. The van der Waals surface area contributed by atoms with Crippen LogP contribution in [0.5, 0.6) is 5.75 Å². The molecule has 212 valence electrons. The van der Waals surface area contributed by atoms with Gasteiger partial charge >= 0.3 is 0 Å². The van der Waals surface area contributed by atoms with E-state index in [2.05, 4.69) is 33.2 Å². The molecule has 3 heterocycles. The molecule has 8 heteroatoms. The summed E-state index contributed by atoms with van der Waals surface area (Å²) in [6.07, 6.45) is 2.29. The van der Waals surface area contributed by atoms with Crippen molar-refractivity contribution in [1.82, 2.24) is 25.1 Å². The number of hydrogen-bond donors (Lipinski definition) is 3. The summed E-state index contributed by atoms with van der Waals surface area (Å²) in [6, 6.07) is 19.6. The van der Waals surface area contributed by atoms with Crippen LogP contribution in [0.3, 0.4) is 0 Å². The van der Waals surface area contributed by atoms with Gasteiger partial charge in [-0.05, 0) is 53.3 Å². The number of rotatable bonds is 7. The van der Waals surface area contributed by atoms with Crippen LogP contribution in [0.25, 0.3) is 33.3 Å². The van der Waals surface area contributed by atoms with E-state index < -0.39 is 0 Å². The number of ether oxygens (including phenoxy) is 1. The molecule has 1 saturated carbocycles. The highest BCUT2D eigenvalue weighted by Gasteiger charge is 2.50. The molecule has 0 radical (unpaired) electrons.